The van der Waals surface area contributed by atoms with Crippen LogP contribution in [0.15, 0.2) is 24.5 Å². The van der Waals surface area contributed by atoms with E-state index in [0.29, 0.717) is 12.2 Å². The Kier molecular flexibility index (Phi) is 3.34. The summed E-state index contributed by atoms with van der Waals surface area (Å²) in [6.45, 7) is 7.27. The Morgan fingerprint density at radius 3 is 2.73 bits per heavy atom. The molecule has 1 aliphatic heterocycles. The SMILES string of the molecule is CC1CN(Cc2cccnc2)CC(C)O1. The number of rotatable bonds is 2. The lowest BCUT2D eigenvalue weighted by Gasteiger charge is -2.35. The van der Waals surface area contributed by atoms with Gasteiger partial charge in [0, 0.05) is 32.0 Å². The molecule has 0 bridgehead atoms. The van der Waals surface area contributed by atoms with Gasteiger partial charge in [-0.1, -0.05) is 6.07 Å². The molecule has 2 rings (SSSR count). The molecule has 0 aliphatic carbocycles. The van der Waals surface area contributed by atoms with Crippen LogP contribution in [-0.4, -0.2) is 35.2 Å². The minimum absolute atomic E-state index is 0.338. The number of nitrogens with zero attached hydrogens (tertiary/aromatic N) is 2. The molecule has 3 nitrogen and oxygen atoms in total. The summed E-state index contributed by atoms with van der Waals surface area (Å²) in [5, 5.41) is 0. The highest BCUT2D eigenvalue weighted by Crippen LogP contribution is 2.13. The maximum Gasteiger partial charge on any atom is 0.0678 e. The van der Waals surface area contributed by atoms with Crippen LogP contribution < -0.4 is 0 Å². The molecule has 0 N–H and O–H groups in total. The summed E-state index contributed by atoms with van der Waals surface area (Å²) >= 11 is 0. The van der Waals surface area contributed by atoms with E-state index >= 15 is 0 Å². The van der Waals surface area contributed by atoms with Crippen LogP contribution in [0.5, 0.6) is 0 Å². The molecule has 82 valence electrons. The summed E-state index contributed by atoms with van der Waals surface area (Å²) in [7, 11) is 0. The Labute approximate surface area is 91.1 Å². The van der Waals surface area contributed by atoms with Gasteiger partial charge in [0.1, 0.15) is 0 Å². The molecule has 3 heteroatoms. The van der Waals surface area contributed by atoms with Crippen molar-refractivity contribution in [3.05, 3.63) is 30.1 Å². The van der Waals surface area contributed by atoms with Crippen molar-refractivity contribution in [2.75, 3.05) is 13.1 Å². The van der Waals surface area contributed by atoms with Crippen LogP contribution in [-0.2, 0) is 11.3 Å². The van der Waals surface area contributed by atoms with Gasteiger partial charge in [-0.25, -0.2) is 0 Å². The van der Waals surface area contributed by atoms with Crippen LogP contribution in [0.25, 0.3) is 0 Å². The molecule has 1 saturated heterocycles. The predicted octanol–water partition coefficient (Wildman–Crippen LogP) is 1.69. The average molecular weight is 206 g/mol. The van der Waals surface area contributed by atoms with E-state index in [4.69, 9.17) is 4.74 Å². The molecule has 0 amide bonds. The van der Waals surface area contributed by atoms with Crippen molar-refractivity contribution >= 4 is 0 Å². The fourth-order valence-electron chi connectivity index (χ4n) is 2.16. The van der Waals surface area contributed by atoms with Gasteiger partial charge in [0.05, 0.1) is 12.2 Å². The third-order valence-electron chi connectivity index (χ3n) is 2.62. The third-order valence-corrected chi connectivity index (χ3v) is 2.62. The van der Waals surface area contributed by atoms with E-state index in [-0.39, 0.29) is 0 Å². The summed E-state index contributed by atoms with van der Waals surface area (Å²) in [6, 6.07) is 4.11. The van der Waals surface area contributed by atoms with E-state index in [1.54, 1.807) is 0 Å². The number of aromatic nitrogens is 1. The molecule has 0 aromatic carbocycles. The summed E-state index contributed by atoms with van der Waals surface area (Å²) in [6.07, 6.45) is 4.43. The molecule has 2 heterocycles. The van der Waals surface area contributed by atoms with Gasteiger partial charge in [0.25, 0.3) is 0 Å². The largest absolute Gasteiger partial charge is 0.373 e. The van der Waals surface area contributed by atoms with Gasteiger partial charge in [-0.15, -0.1) is 0 Å². The van der Waals surface area contributed by atoms with E-state index < -0.39 is 0 Å². The van der Waals surface area contributed by atoms with Gasteiger partial charge >= 0.3 is 0 Å². The van der Waals surface area contributed by atoms with Crippen LogP contribution in [0.1, 0.15) is 19.4 Å². The summed E-state index contributed by atoms with van der Waals surface area (Å²) in [5.41, 5.74) is 1.28. The minimum atomic E-state index is 0.338. The Morgan fingerprint density at radius 2 is 2.13 bits per heavy atom. The first-order valence-electron chi connectivity index (χ1n) is 5.51. The lowest BCUT2D eigenvalue weighted by Crippen LogP contribution is -2.44. The Balaban J connectivity index is 1.94. The first kappa shape index (κ1) is 10.6. The topological polar surface area (TPSA) is 25.4 Å². The molecule has 0 saturated carbocycles. The van der Waals surface area contributed by atoms with Crippen LogP contribution >= 0.6 is 0 Å². The maximum atomic E-state index is 5.70. The standard InChI is InChI=1S/C12H18N2O/c1-10-7-14(8-11(2)15-10)9-12-4-3-5-13-6-12/h3-6,10-11H,7-9H2,1-2H3. The molecule has 0 radical (unpaired) electrons. The van der Waals surface area contributed by atoms with Gasteiger partial charge in [-0.05, 0) is 25.5 Å². The fourth-order valence-corrected chi connectivity index (χ4v) is 2.16. The first-order valence-corrected chi connectivity index (χ1v) is 5.51. The second-order valence-corrected chi connectivity index (χ2v) is 4.31. The van der Waals surface area contributed by atoms with Crippen molar-refractivity contribution in [3.63, 3.8) is 0 Å². The highest BCUT2D eigenvalue weighted by atomic mass is 16.5. The van der Waals surface area contributed by atoms with Gasteiger partial charge in [0.2, 0.25) is 0 Å². The number of morpholine rings is 1. The van der Waals surface area contributed by atoms with Crippen molar-refractivity contribution < 1.29 is 4.74 Å². The van der Waals surface area contributed by atoms with E-state index in [1.165, 1.54) is 5.56 Å². The zero-order valence-corrected chi connectivity index (χ0v) is 9.39. The molecular formula is C12H18N2O. The highest BCUT2D eigenvalue weighted by Gasteiger charge is 2.21. The average Bonchev–Trinajstić information content (AvgIpc) is 2.17. The number of hydrogen-bond acceptors (Lipinski definition) is 3. The van der Waals surface area contributed by atoms with Crippen LogP contribution in [0.4, 0.5) is 0 Å². The van der Waals surface area contributed by atoms with E-state index in [0.717, 1.165) is 19.6 Å². The van der Waals surface area contributed by atoms with Crippen LogP contribution in [0, 0.1) is 0 Å². The van der Waals surface area contributed by atoms with E-state index in [9.17, 15) is 0 Å². The highest BCUT2D eigenvalue weighted by molar-refractivity contribution is 5.08. The second-order valence-electron chi connectivity index (χ2n) is 4.31. The smallest absolute Gasteiger partial charge is 0.0678 e. The molecule has 0 spiro atoms. The van der Waals surface area contributed by atoms with E-state index in [2.05, 4.69) is 29.8 Å². The quantitative estimate of drug-likeness (QED) is 0.736. The Hall–Kier alpha value is -0.930. The summed E-state index contributed by atoms with van der Waals surface area (Å²) in [4.78, 5) is 6.56. The van der Waals surface area contributed by atoms with Gasteiger partial charge in [-0.3, -0.25) is 9.88 Å². The number of pyridine rings is 1. The summed E-state index contributed by atoms with van der Waals surface area (Å²) < 4.78 is 5.70. The molecule has 1 aromatic rings. The van der Waals surface area contributed by atoms with Crippen molar-refractivity contribution in [1.82, 2.24) is 9.88 Å². The Bertz CT molecular complexity index is 292. The lowest BCUT2D eigenvalue weighted by atomic mass is 10.2. The van der Waals surface area contributed by atoms with Crippen molar-refractivity contribution in [2.45, 2.75) is 32.6 Å². The third kappa shape index (κ3) is 3.01. The molecule has 2 atom stereocenters. The molecule has 1 fully saturated rings. The monoisotopic (exact) mass is 206 g/mol. The maximum absolute atomic E-state index is 5.70. The minimum Gasteiger partial charge on any atom is -0.373 e. The molecule has 2 unspecified atom stereocenters. The van der Waals surface area contributed by atoms with Crippen molar-refractivity contribution in [1.29, 1.82) is 0 Å². The number of hydrogen-bond donors (Lipinski definition) is 0. The van der Waals surface area contributed by atoms with Crippen molar-refractivity contribution in [3.8, 4) is 0 Å². The van der Waals surface area contributed by atoms with Gasteiger partial charge < -0.3 is 4.74 Å². The van der Waals surface area contributed by atoms with Crippen LogP contribution in [0.3, 0.4) is 0 Å². The second kappa shape index (κ2) is 4.73. The van der Waals surface area contributed by atoms with Gasteiger partial charge in [-0.2, -0.15) is 0 Å². The Morgan fingerprint density at radius 1 is 1.40 bits per heavy atom. The normalized spacial score (nSPS) is 27.9. The van der Waals surface area contributed by atoms with E-state index in [1.807, 2.05) is 18.5 Å². The molecule has 15 heavy (non-hydrogen) atoms. The summed E-state index contributed by atoms with van der Waals surface area (Å²) in [5.74, 6) is 0. The first-order chi connectivity index (χ1) is 7.24. The van der Waals surface area contributed by atoms with Crippen molar-refractivity contribution in [2.24, 2.45) is 0 Å². The molecule has 1 aliphatic rings. The zero-order chi connectivity index (χ0) is 10.7. The van der Waals surface area contributed by atoms with Crippen LogP contribution in [0.2, 0.25) is 0 Å². The molecular weight excluding hydrogens is 188 g/mol. The molecule has 1 aromatic heterocycles. The predicted molar refractivity (Wildman–Crippen MR) is 59.5 cm³/mol. The number of ether oxygens (including phenoxy) is 1. The fraction of sp³-hybridized carbons (Fsp3) is 0.583. The van der Waals surface area contributed by atoms with Gasteiger partial charge in [0.15, 0.2) is 0 Å². The zero-order valence-electron chi connectivity index (χ0n) is 9.39. The lowest BCUT2D eigenvalue weighted by molar-refractivity contribution is -0.0705.